The van der Waals surface area contributed by atoms with E-state index >= 15 is 0 Å². The highest BCUT2D eigenvalue weighted by molar-refractivity contribution is 7.99. The van der Waals surface area contributed by atoms with Crippen molar-refractivity contribution in [1.82, 2.24) is 15.2 Å². The lowest BCUT2D eigenvalue weighted by atomic mass is 10.00. The predicted octanol–water partition coefficient (Wildman–Crippen LogP) is 5.77. The number of aromatic nitrogens is 3. The number of carbonyl (C=O) groups is 1. The van der Waals surface area contributed by atoms with E-state index in [0.717, 1.165) is 47.9 Å². The summed E-state index contributed by atoms with van der Waals surface area (Å²) < 4.78 is 35.2. The Labute approximate surface area is 195 Å². The van der Waals surface area contributed by atoms with Crippen molar-refractivity contribution in [1.29, 1.82) is 0 Å². The van der Waals surface area contributed by atoms with Crippen molar-refractivity contribution in [2.24, 2.45) is 0 Å². The lowest BCUT2D eigenvalue weighted by molar-refractivity contribution is -0.118. The number of hydrogen-bond acceptors (Lipinski definition) is 6. The van der Waals surface area contributed by atoms with Crippen LogP contribution >= 0.6 is 11.8 Å². The second-order valence-electron chi connectivity index (χ2n) is 7.95. The van der Waals surface area contributed by atoms with Gasteiger partial charge in [0.15, 0.2) is 5.69 Å². The van der Waals surface area contributed by atoms with Gasteiger partial charge in [-0.05, 0) is 50.1 Å². The largest absolute Gasteiger partial charge is 0.447 e. The van der Waals surface area contributed by atoms with Crippen LogP contribution in [0.15, 0.2) is 35.5 Å². The van der Waals surface area contributed by atoms with Crippen molar-refractivity contribution in [2.45, 2.75) is 51.9 Å². The quantitative estimate of drug-likeness (QED) is 0.348. The maximum atomic E-state index is 14.9. The Hall–Kier alpha value is -3.07. The van der Waals surface area contributed by atoms with Crippen LogP contribution in [-0.2, 0) is 4.79 Å². The van der Waals surface area contributed by atoms with E-state index in [2.05, 4.69) is 22.1 Å². The third-order valence-electron chi connectivity index (χ3n) is 5.33. The molecule has 1 atom stereocenters. The minimum absolute atomic E-state index is 0.109. The van der Waals surface area contributed by atoms with Crippen LogP contribution < -0.4 is 9.64 Å². The lowest BCUT2D eigenvalue weighted by Crippen LogP contribution is -2.37. The van der Waals surface area contributed by atoms with Crippen molar-refractivity contribution < 1.29 is 18.3 Å². The first-order valence-electron chi connectivity index (χ1n) is 10.7. The molecule has 0 saturated carbocycles. The topological polar surface area (TPSA) is 68.2 Å². The second-order valence-corrected chi connectivity index (χ2v) is 9.02. The van der Waals surface area contributed by atoms with Crippen molar-refractivity contribution in [2.75, 3.05) is 10.7 Å². The summed E-state index contributed by atoms with van der Waals surface area (Å²) in [4.78, 5) is 18.8. The Morgan fingerprint density at radius 1 is 1.18 bits per heavy atom. The zero-order valence-corrected chi connectivity index (χ0v) is 19.7. The van der Waals surface area contributed by atoms with Crippen molar-refractivity contribution in [3.05, 3.63) is 58.7 Å². The minimum Gasteiger partial charge on any atom is -0.447 e. The molecule has 0 saturated heterocycles. The Bertz CT molecular complexity index is 1220. The molecule has 33 heavy (non-hydrogen) atoms. The fraction of sp³-hybridized carbons (Fsp3) is 0.333. The van der Waals surface area contributed by atoms with E-state index in [9.17, 15) is 13.6 Å². The summed E-state index contributed by atoms with van der Waals surface area (Å²) in [5.41, 5.74) is 3.05. The maximum absolute atomic E-state index is 14.9. The Balaban J connectivity index is 1.96. The Kier molecular flexibility index (Phi) is 6.60. The lowest BCUT2D eigenvalue weighted by Gasteiger charge is -2.31. The third-order valence-corrected chi connectivity index (χ3v) is 6.25. The SMILES string of the molecule is CCCCSc1nnc2c(n1)O[C@H](c1cc(F)ccc1F)N(C(C)=O)c1c(C)cc(C)cc1-2. The van der Waals surface area contributed by atoms with E-state index in [0.29, 0.717) is 22.1 Å². The van der Waals surface area contributed by atoms with Crippen LogP contribution in [0.5, 0.6) is 5.88 Å². The number of carbonyl (C=O) groups excluding carboxylic acids is 1. The first-order valence-corrected chi connectivity index (χ1v) is 11.7. The van der Waals surface area contributed by atoms with Gasteiger partial charge >= 0.3 is 0 Å². The smallest absolute Gasteiger partial charge is 0.247 e. The van der Waals surface area contributed by atoms with Gasteiger partial charge < -0.3 is 4.74 Å². The molecule has 0 radical (unpaired) electrons. The second kappa shape index (κ2) is 9.43. The van der Waals surface area contributed by atoms with E-state index < -0.39 is 23.8 Å². The van der Waals surface area contributed by atoms with Gasteiger partial charge in [0.2, 0.25) is 23.2 Å². The van der Waals surface area contributed by atoms with Gasteiger partial charge in [-0.15, -0.1) is 10.2 Å². The summed E-state index contributed by atoms with van der Waals surface area (Å²) >= 11 is 1.44. The average molecular weight is 471 g/mol. The number of benzene rings is 2. The fourth-order valence-electron chi connectivity index (χ4n) is 3.88. The first-order chi connectivity index (χ1) is 15.8. The molecular weight excluding hydrogens is 446 g/mol. The summed E-state index contributed by atoms with van der Waals surface area (Å²) in [6, 6.07) is 6.86. The number of amides is 1. The average Bonchev–Trinajstić information content (AvgIpc) is 2.90. The van der Waals surface area contributed by atoms with Gasteiger partial charge in [0, 0.05) is 18.2 Å². The molecule has 3 aromatic rings. The van der Waals surface area contributed by atoms with Crippen molar-refractivity contribution >= 4 is 23.4 Å². The van der Waals surface area contributed by atoms with Crippen LogP contribution in [0.25, 0.3) is 11.3 Å². The normalized spacial score (nSPS) is 14.8. The number of halogens is 2. The summed E-state index contributed by atoms with van der Waals surface area (Å²) in [6.45, 7) is 7.23. The molecule has 6 nitrogen and oxygen atoms in total. The summed E-state index contributed by atoms with van der Waals surface area (Å²) in [5, 5.41) is 9.05. The van der Waals surface area contributed by atoms with Gasteiger partial charge in [-0.3, -0.25) is 9.69 Å². The molecule has 0 fully saturated rings. The fourth-order valence-corrected chi connectivity index (χ4v) is 4.74. The number of ether oxygens (including phenoxy) is 1. The zero-order valence-electron chi connectivity index (χ0n) is 18.9. The number of aryl methyl sites for hydroxylation is 2. The molecule has 0 bridgehead atoms. The Morgan fingerprint density at radius 2 is 1.97 bits per heavy atom. The summed E-state index contributed by atoms with van der Waals surface area (Å²) in [5.74, 6) is -0.793. The van der Waals surface area contributed by atoms with Crippen LogP contribution in [0, 0.1) is 25.5 Å². The van der Waals surface area contributed by atoms with Crippen LogP contribution in [0.4, 0.5) is 14.5 Å². The molecule has 172 valence electrons. The van der Waals surface area contributed by atoms with Crippen LogP contribution in [0.1, 0.15) is 49.6 Å². The van der Waals surface area contributed by atoms with E-state index in [1.807, 2.05) is 26.0 Å². The molecule has 0 spiro atoms. The molecule has 0 unspecified atom stereocenters. The highest BCUT2D eigenvalue weighted by atomic mass is 32.2. The van der Waals surface area contributed by atoms with Crippen LogP contribution in [-0.4, -0.2) is 26.8 Å². The van der Waals surface area contributed by atoms with Crippen molar-refractivity contribution in [3.63, 3.8) is 0 Å². The number of fused-ring (bicyclic) bond motifs is 3. The van der Waals surface area contributed by atoms with Crippen LogP contribution in [0.3, 0.4) is 0 Å². The molecule has 1 aromatic heterocycles. The molecule has 9 heteroatoms. The van der Waals surface area contributed by atoms with Gasteiger partial charge in [0.1, 0.15) is 11.6 Å². The molecule has 0 N–H and O–H groups in total. The Morgan fingerprint density at radius 3 is 2.70 bits per heavy atom. The third kappa shape index (κ3) is 4.55. The molecule has 1 aliphatic rings. The van der Waals surface area contributed by atoms with E-state index in [1.54, 1.807) is 0 Å². The molecule has 1 aliphatic heterocycles. The number of thioether (sulfide) groups is 1. The number of nitrogens with zero attached hydrogens (tertiary/aromatic N) is 4. The first kappa shape index (κ1) is 23.1. The summed E-state index contributed by atoms with van der Waals surface area (Å²) in [6.07, 6.45) is 0.745. The molecule has 2 aromatic carbocycles. The molecule has 4 rings (SSSR count). The standard InChI is InChI=1S/C24H24F2N4O2S/c1-5-6-9-33-24-27-22-20(28-29-24)18-11-13(2)10-14(3)21(18)30(15(4)31)23(32-22)17-12-16(25)7-8-19(17)26/h7-8,10-12,23H,5-6,9H2,1-4H3/t23-/m1/s1. The monoisotopic (exact) mass is 470 g/mol. The molecule has 0 aliphatic carbocycles. The highest BCUT2D eigenvalue weighted by Gasteiger charge is 2.37. The number of anilines is 1. The van der Waals surface area contributed by atoms with E-state index in [-0.39, 0.29) is 11.4 Å². The molecular formula is C24H24F2N4O2S. The van der Waals surface area contributed by atoms with Gasteiger partial charge in [-0.2, -0.15) is 4.98 Å². The number of hydrogen-bond donors (Lipinski definition) is 0. The molecule has 1 amide bonds. The van der Waals surface area contributed by atoms with Gasteiger partial charge in [0.25, 0.3) is 0 Å². The number of rotatable bonds is 5. The number of unbranched alkanes of at least 4 members (excludes halogenated alkanes) is 1. The van der Waals surface area contributed by atoms with E-state index in [4.69, 9.17) is 4.74 Å². The van der Waals surface area contributed by atoms with E-state index in [1.165, 1.54) is 23.6 Å². The van der Waals surface area contributed by atoms with Gasteiger partial charge in [0.05, 0.1) is 11.3 Å². The molecule has 2 heterocycles. The van der Waals surface area contributed by atoms with Crippen LogP contribution in [0.2, 0.25) is 0 Å². The predicted molar refractivity (Wildman–Crippen MR) is 123 cm³/mol. The van der Waals surface area contributed by atoms with Crippen molar-refractivity contribution in [3.8, 4) is 17.1 Å². The van der Waals surface area contributed by atoms with Gasteiger partial charge in [-0.25, -0.2) is 8.78 Å². The summed E-state index contributed by atoms with van der Waals surface area (Å²) in [7, 11) is 0. The maximum Gasteiger partial charge on any atom is 0.247 e. The highest BCUT2D eigenvalue weighted by Crippen LogP contribution is 2.46. The zero-order chi connectivity index (χ0) is 23.7. The van der Waals surface area contributed by atoms with Gasteiger partial charge in [-0.1, -0.05) is 36.7 Å². The minimum atomic E-state index is -1.27.